The van der Waals surface area contributed by atoms with Crippen LogP contribution in [0.15, 0.2) is 59.7 Å². The summed E-state index contributed by atoms with van der Waals surface area (Å²) >= 11 is 0. The quantitative estimate of drug-likeness (QED) is 0.224. The highest BCUT2D eigenvalue weighted by molar-refractivity contribution is 6.14. The lowest BCUT2D eigenvalue weighted by Crippen LogP contribution is -2.58. The van der Waals surface area contributed by atoms with Crippen molar-refractivity contribution in [3.05, 3.63) is 93.2 Å². The number of imide groups is 2. The molecule has 0 saturated carbocycles. The summed E-state index contributed by atoms with van der Waals surface area (Å²) in [6, 6.07) is 11.7. The largest absolute Gasteiger partial charge is 0.369 e. The predicted octanol–water partition coefficient (Wildman–Crippen LogP) is 1.54. The second-order valence-electron chi connectivity index (χ2n) is 14.3. The number of carbonyl (C=O) groups excluding carboxylic acids is 5. The number of rotatable bonds is 8. The molecule has 3 N–H and O–H groups in total. The number of benzene rings is 1. The third kappa shape index (κ3) is 6.82. The molecule has 8 rings (SSSR count). The Labute approximate surface area is 310 Å². The Morgan fingerprint density at radius 3 is 2.52 bits per heavy atom. The maximum atomic E-state index is 13.5. The van der Waals surface area contributed by atoms with Gasteiger partial charge in [-0.05, 0) is 66.8 Å². The van der Waals surface area contributed by atoms with Crippen LogP contribution >= 0.6 is 0 Å². The molecule has 3 saturated heterocycles. The molecular formula is C39H41N9O6. The number of piperidine rings is 1. The van der Waals surface area contributed by atoms with E-state index in [1.165, 1.54) is 0 Å². The predicted molar refractivity (Wildman–Crippen MR) is 199 cm³/mol. The number of nitrogens with one attached hydrogen (secondary N) is 3. The van der Waals surface area contributed by atoms with E-state index in [2.05, 4.69) is 40.3 Å². The van der Waals surface area contributed by atoms with Crippen molar-refractivity contribution in [2.75, 3.05) is 49.1 Å². The van der Waals surface area contributed by atoms with Crippen molar-refractivity contribution in [1.82, 2.24) is 35.4 Å². The first-order chi connectivity index (χ1) is 26.1. The zero-order valence-corrected chi connectivity index (χ0v) is 30.0. The van der Waals surface area contributed by atoms with Gasteiger partial charge in [-0.1, -0.05) is 13.0 Å². The van der Waals surface area contributed by atoms with Crippen LogP contribution in [0.3, 0.4) is 0 Å². The van der Waals surface area contributed by atoms with Crippen molar-refractivity contribution in [2.24, 2.45) is 0 Å². The highest BCUT2D eigenvalue weighted by atomic mass is 16.2. The lowest BCUT2D eigenvalue weighted by atomic mass is 9.93. The Kier molecular flexibility index (Phi) is 9.40. The van der Waals surface area contributed by atoms with Crippen molar-refractivity contribution >= 4 is 51.9 Å². The summed E-state index contributed by atoms with van der Waals surface area (Å²) in [6.45, 7) is 7.10. The maximum Gasteiger partial charge on any atom is 0.270 e. The first-order valence-corrected chi connectivity index (χ1v) is 18.5. The molecular weight excluding hydrogens is 690 g/mol. The van der Waals surface area contributed by atoms with Crippen LogP contribution < -0.4 is 26.0 Å². The molecule has 2 atom stereocenters. The van der Waals surface area contributed by atoms with Crippen LogP contribution in [0.1, 0.15) is 63.7 Å². The van der Waals surface area contributed by atoms with Gasteiger partial charge < -0.3 is 20.1 Å². The molecule has 3 fully saturated rings. The first kappa shape index (κ1) is 35.1. The van der Waals surface area contributed by atoms with Crippen LogP contribution in [0.2, 0.25) is 0 Å². The summed E-state index contributed by atoms with van der Waals surface area (Å²) in [4.78, 5) is 96.1. The first-order valence-electron chi connectivity index (χ1n) is 18.5. The van der Waals surface area contributed by atoms with Gasteiger partial charge in [0.1, 0.15) is 11.7 Å². The summed E-state index contributed by atoms with van der Waals surface area (Å²) in [5.41, 5.74) is 6.25. The number of hydrogen-bond acceptors (Lipinski definition) is 11. The third-order valence-corrected chi connectivity index (χ3v) is 10.9. The monoisotopic (exact) mass is 731 g/mol. The molecule has 1 unspecified atom stereocenters. The molecule has 0 spiro atoms. The van der Waals surface area contributed by atoms with Crippen LogP contribution in [0.4, 0.5) is 11.4 Å². The molecule has 15 heteroatoms. The third-order valence-electron chi connectivity index (χ3n) is 10.9. The number of carbonyl (C=O) groups is 5. The summed E-state index contributed by atoms with van der Waals surface area (Å²) in [5, 5.41) is 5.33. The number of anilines is 2. The molecule has 278 valence electrons. The van der Waals surface area contributed by atoms with Gasteiger partial charge in [-0.25, -0.2) is 4.98 Å². The second kappa shape index (κ2) is 14.5. The molecule has 0 bridgehead atoms. The smallest absolute Gasteiger partial charge is 0.270 e. The van der Waals surface area contributed by atoms with Crippen molar-refractivity contribution in [3.8, 4) is 0 Å². The van der Waals surface area contributed by atoms with E-state index < -0.39 is 29.7 Å². The Morgan fingerprint density at radius 1 is 0.926 bits per heavy atom. The van der Waals surface area contributed by atoms with Crippen molar-refractivity contribution in [3.63, 3.8) is 0 Å². The number of fused-ring (bicyclic) bond motifs is 2. The molecule has 4 aromatic rings. The van der Waals surface area contributed by atoms with E-state index in [0.717, 1.165) is 71.2 Å². The lowest BCUT2D eigenvalue weighted by molar-refractivity contribution is -0.143. The highest BCUT2D eigenvalue weighted by Crippen LogP contribution is 2.33. The molecule has 54 heavy (non-hydrogen) atoms. The number of aryl methyl sites for hydroxylation is 1. The van der Waals surface area contributed by atoms with Gasteiger partial charge in [0.05, 0.1) is 29.3 Å². The van der Waals surface area contributed by atoms with Gasteiger partial charge in [-0.15, -0.1) is 0 Å². The SMILES string of the molecule is CCc1cc2ncc(CN3CCN(c4ccc(C(=O)N[C@H]5CCN(c6cccc7c6CC(=O)N(C6CCC(=O)NC6=O)C7=O)C5)nc4)CC3)cc2[nH]c1=O. The Balaban J connectivity index is 0.844. The van der Waals surface area contributed by atoms with E-state index in [9.17, 15) is 28.8 Å². The number of amides is 5. The minimum absolute atomic E-state index is 0.0430. The van der Waals surface area contributed by atoms with E-state index in [4.69, 9.17) is 0 Å². The number of piperazine rings is 1. The fourth-order valence-electron chi connectivity index (χ4n) is 7.98. The molecule has 15 nitrogen and oxygen atoms in total. The van der Waals surface area contributed by atoms with Crippen molar-refractivity contribution in [1.29, 1.82) is 0 Å². The molecule has 3 aromatic heterocycles. The molecule has 0 radical (unpaired) electrons. The molecule has 7 heterocycles. The van der Waals surface area contributed by atoms with Gasteiger partial charge in [0.25, 0.3) is 17.4 Å². The molecule has 1 aromatic carbocycles. The highest BCUT2D eigenvalue weighted by Gasteiger charge is 2.43. The standard InChI is InChI=1S/C39H41N9O6/c1-2-24-17-30-31(43-36(24)51)16-23(19-40-30)21-45-12-14-46(15-13-45)26-6-7-29(41-20-26)37(52)42-25-10-11-47(22-25)32-5-3-4-27-28(32)18-35(50)48(39(27)54)33-8-9-34(49)44-38(33)53/h3-7,16-17,19-20,25,33H,2,8-15,18,21-22H2,1H3,(H,42,52)(H,43,51)(H,44,49,53)/t25-,33?/m0/s1. The van der Waals surface area contributed by atoms with Crippen LogP contribution in [-0.2, 0) is 33.8 Å². The number of aromatic amines is 1. The Hall–Kier alpha value is -5.96. The number of H-pyrrole nitrogens is 1. The van der Waals surface area contributed by atoms with Gasteiger partial charge in [-0.2, -0.15) is 0 Å². The summed E-state index contributed by atoms with van der Waals surface area (Å²) in [5.74, 6) is -2.33. The summed E-state index contributed by atoms with van der Waals surface area (Å²) in [7, 11) is 0. The number of aromatic nitrogens is 3. The van der Waals surface area contributed by atoms with Crippen molar-refractivity contribution < 1.29 is 24.0 Å². The van der Waals surface area contributed by atoms with Gasteiger partial charge in [0.15, 0.2) is 0 Å². The molecule has 0 aliphatic carbocycles. The number of nitrogens with zero attached hydrogens (tertiary/aromatic N) is 6. The lowest BCUT2D eigenvalue weighted by Gasteiger charge is -2.36. The maximum absolute atomic E-state index is 13.5. The van der Waals surface area contributed by atoms with Crippen molar-refractivity contribution in [2.45, 2.75) is 57.7 Å². The van der Waals surface area contributed by atoms with Gasteiger partial charge >= 0.3 is 0 Å². The van der Waals surface area contributed by atoms with Gasteiger partial charge in [-0.3, -0.25) is 48.9 Å². The average molecular weight is 732 g/mol. The van der Waals surface area contributed by atoms with E-state index in [-0.39, 0.29) is 36.8 Å². The topological polar surface area (TPSA) is 181 Å². The van der Waals surface area contributed by atoms with Gasteiger partial charge in [0.2, 0.25) is 17.7 Å². The van der Waals surface area contributed by atoms with Crippen LogP contribution in [-0.4, -0.2) is 106 Å². The average Bonchev–Trinajstić information content (AvgIpc) is 3.63. The zero-order valence-electron chi connectivity index (χ0n) is 30.0. The van der Waals surface area contributed by atoms with Crippen LogP contribution in [0.5, 0.6) is 0 Å². The van der Waals surface area contributed by atoms with E-state index in [0.29, 0.717) is 42.8 Å². The fraction of sp³-hybridized carbons (Fsp3) is 0.385. The molecule has 4 aliphatic rings. The van der Waals surface area contributed by atoms with E-state index in [1.54, 1.807) is 24.4 Å². The summed E-state index contributed by atoms with van der Waals surface area (Å²) < 4.78 is 0. The van der Waals surface area contributed by atoms with Gasteiger partial charge in [0, 0.05) is 81.3 Å². The molecule has 5 amide bonds. The zero-order chi connectivity index (χ0) is 37.5. The van der Waals surface area contributed by atoms with Crippen LogP contribution in [0, 0.1) is 0 Å². The number of pyridine rings is 3. The minimum Gasteiger partial charge on any atom is -0.369 e. The Morgan fingerprint density at radius 2 is 1.76 bits per heavy atom. The fourth-order valence-corrected chi connectivity index (χ4v) is 7.98. The Bertz CT molecular complexity index is 2230. The van der Waals surface area contributed by atoms with E-state index >= 15 is 0 Å². The summed E-state index contributed by atoms with van der Waals surface area (Å²) in [6.07, 6.45) is 5.09. The number of hydrogen-bond donors (Lipinski definition) is 3. The molecule has 4 aliphatic heterocycles. The minimum atomic E-state index is -1.01. The normalized spacial score (nSPS) is 20.7. The van der Waals surface area contributed by atoms with E-state index in [1.807, 2.05) is 37.4 Å². The van der Waals surface area contributed by atoms with Crippen LogP contribution in [0.25, 0.3) is 11.0 Å². The second-order valence-corrected chi connectivity index (χ2v) is 14.3.